The number of nitrogens with zero attached hydrogens (tertiary/aromatic N) is 9. The second kappa shape index (κ2) is 19.1. The second-order valence-corrected chi connectivity index (χ2v) is 15.2. The highest BCUT2D eigenvalue weighted by Crippen LogP contribution is 2.33. The number of nitrogens with one attached hydrogen (secondary N) is 2. The van der Waals surface area contributed by atoms with Gasteiger partial charge in [0.15, 0.2) is 0 Å². The van der Waals surface area contributed by atoms with Gasteiger partial charge in [-0.15, -0.1) is 0 Å². The zero-order valence-corrected chi connectivity index (χ0v) is 36.5. The Bertz CT molecular complexity index is 2940. The fraction of sp³-hybridized carbons (Fsp3) is 0.341. The molecule has 7 N–H and O–H groups in total. The van der Waals surface area contributed by atoms with Crippen LogP contribution in [0.25, 0.3) is 22.1 Å². The highest BCUT2D eigenvalue weighted by molar-refractivity contribution is 6.05. The molecule has 5 amide bonds. The maximum atomic E-state index is 13.8. The summed E-state index contributed by atoms with van der Waals surface area (Å²) in [6, 6.07) is 9.35. The van der Waals surface area contributed by atoms with Crippen LogP contribution in [-0.4, -0.2) is 105 Å². The summed E-state index contributed by atoms with van der Waals surface area (Å²) in [5, 5.41) is 23.9. The van der Waals surface area contributed by atoms with E-state index in [0.717, 1.165) is 0 Å². The number of carbonyl (C=O) groups excluding carboxylic acids is 4. The van der Waals surface area contributed by atoms with Crippen LogP contribution in [0, 0.1) is 31.6 Å². The SMILES string of the molecule is CCn1nc(C)cc1C(=O)Nc1nc2cc(C(N)=O)cc(OC)c2n1CC=CCn1c(NC(=O)c2cc(C)nn2CC)nc2cc(C(N)=O)cc(OCC#CC3CCN(C(=O)O)CC3)c21. The number of benzene rings is 2. The quantitative estimate of drug-likeness (QED) is 0.0718. The largest absolute Gasteiger partial charge is 0.494 e. The van der Waals surface area contributed by atoms with Crippen LogP contribution in [0.1, 0.15) is 79.8 Å². The molecular weight excluding hydrogens is 839 g/mol. The number of carbonyl (C=O) groups is 5. The van der Waals surface area contributed by atoms with Gasteiger partial charge in [0.2, 0.25) is 23.7 Å². The molecule has 0 atom stereocenters. The predicted octanol–water partition coefficient (Wildman–Crippen LogP) is 4.18. The summed E-state index contributed by atoms with van der Waals surface area (Å²) in [5.74, 6) is 4.66. The van der Waals surface area contributed by atoms with Crippen LogP contribution in [0.15, 0.2) is 48.6 Å². The topological polar surface area (TPSA) is 275 Å². The zero-order chi connectivity index (χ0) is 46.5. The summed E-state index contributed by atoms with van der Waals surface area (Å²) >= 11 is 0. The molecule has 1 aliphatic heterocycles. The van der Waals surface area contributed by atoms with E-state index < -0.39 is 29.7 Å². The van der Waals surface area contributed by atoms with Crippen molar-refractivity contribution in [1.29, 1.82) is 0 Å². The number of allylic oxidation sites excluding steroid dienone is 2. The summed E-state index contributed by atoms with van der Waals surface area (Å²) in [7, 11) is 1.45. The molecule has 1 fully saturated rings. The first kappa shape index (κ1) is 44.9. The van der Waals surface area contributed by atoms with Crippen LogP contribution in [0.4, 0.5) is 16.7 Å². The Hall–Kier alpha value is -8.15. The molecule has 1 saturated heterocycles. The molecule has 21 heteroatoms. The lowest BCUT2D eigenvalue weighted by atomic mass is 9.98. The number of hydrogen-bond acceptors (Lipinski definition) is 11. The fourth-order valence-electron chi connectivity index (χ4n) is 7.70. The minimum absolute atomic E-state index is 0.0143. The number of anilines is 2. The molecule has 2 aromatic carbocycles. The first-order valence-corrected chi connectivity index (χ1v) is 20.9. The Labute approximate surface area is 372 Å². The number of methoxy groups -OCH3 is 1. The van der Waals surface area contributed by atoms with Crippen LogP contribution < -0.4 is 31.6 Å². The molecule has 0 bridgehead atoms. The van der Waals surface area contributed by atoms with Crippen LogP contribution >= 0.6 is 0 Å². The Morgan fingerprint density at radius 3 is 1.69 bits per heavy atom. The number of primary amides is 2. The van der Waals surface area contributed by atoms with Crippen molar-refractivity contribution in [3.05, 3.63) is 82.5 Å². The number of hydrogen-bond donors (Lipinski definition) is 5. The van der Waals surface area contributed by atoms with E-state index in [9.17, 15) is 29.1 Å². The minimum atomic E-state index is -0.956. The van der Waals surface area contributed by atoms with Gasteiger partial charge in [0.1, 0.15) is 40.5 Å². The summed E-state index contributed by atoms with van der Waals surface area (Å²) < 4.78 is 18.5. The fourth-order valence-corrected chi connectivity index (χ4v) is 7.70. The predicted molar refractivity (Wildman–Crippen MR) is 239 cm³/mol. The molecular formula is C44H49N13O8. The van der Waals surface area contributed by atoms with Crippen molar-refractivity contribution in [3.63, 3.8) is 0 Å². The summed E-state index contributed by atoms with van der Waals surface area (Å²) in [5.41, 5.74) is 15.2. The van der Waals surface area contributed by atoms with Gasteiger partial charge in [-0.1, -0.05) is 24.0 Å². The number of rotatable bonds is 15. The molecule has 5 heterocycles. The number of ether oxygens (including phenoxy) is 2. The van der Waals surface area contributed by atoms with Gasteiger partial charge >= 0.3 is 6.09 Å². The molecule has 1 aliphatic rings. The van der Waals surface area contributed by atoms with E-state index in [1.54, 1.807) is 44.5 Å². The number of carboxylic acid groups (broad SMARTS) is 1. The average molecular weight is 888 g/mol. The maximum absolute atomic E-state index is 13.8. The van der Waals surface area contributed by atoms with Crippen molar-refractivity contribution >= 4 is 63.7 Å². The number of amides is 5. The van der Waals surface area contributed by atoms with Crippen LogP contribution in [0.3, 0.4) is 0 Å². The Kier molecular flexibility index (Phi) is 13.2. The minimum Gasteiger partial charge on any atom is -0.494 e. The van der Waals surface area contributed by atoms with E-state index in [2.05, 4.69) is 37.7 Å². The number of aryl methyl sites for hydroxylation is 4. The molecule has 21 nitrogen and oxygen atoms in total. The molecule has 0 spiro atoms. The standard InChI is InChI=1S/C44H49N13O8/c1-6-56-32(19-25(3)51-56)40(60)49-42-47-30-21-28(38(45)58)23-34(64-5)36(30)54(42)14-8-9-15-55-37-31(48-43(55)50-41(61)33-20-26(4)52-57(33)7-2)22-29(39(46)59)24-35(37)65-18-10-11-27-12-16-53(17-13-27)44(62)63/h8-9,19-24,27H,6-7,12-18H2,1-5H3,(H2,45,58)(H2,46,59)(H,62,63)(H,47,49,60)(H,48,50,61). The van der Waals surface area contributed by atoms with Crippen molar-refractivity contribution in [2.75, 3.05) is 37.4 Å². The molecule has 4 aromatic heterocycles. The number of nitrogens with two attached hydrogens (primary N) is 2. The third-order valence-electron chi connectivity index (χ3n) is 10.8. The van der Waals surface area contributed by atoms with E-state index in [4.69, 9.17) is 25.9 Å². The van der Waals surface area contributed by atoms with Crippen LogP contribution in [0.5, 0.6) is 11.5 Å². The third kappa shape index (κ3) is 9.61. The average Bonchev–Trinajstić information content (AvgIpc) is 4.05. The van der Waals surface area contributed by atoms with E-state index in [0.29, 0.717) is 89.6 Å². The smallest absolute Gasteiger partial charge is 0.407 e. The van der Waals surface area contributed by atoms with E-state index in [1.165, 1.54) is 36.3 Å². The van der Waals surface area contributed by atoms with Crippen molar-refractivity contribution in [3.8, 4) is 23.3 Å². The Morgan fingerprint density at radius 1 is 0.769 bits per heavy atom. The first-order chi connectivity index (χ1) is 31.2. The van der Waals surface area contributed by atoms with Crippen molar-refractivity contribution in [2.45, 2.75) is 66.7 Å². The van der Waals surface area contributed by atoms with Crippen LogP contribution in [0.2, 0.25) is 0 Å². The lowest BCUT2D eigenvalue weighted by Gasteiger charge is -2.27. The van der Waals surface area contributed by atoms with Gasteiger partial charge in [0.05, 0.1) is 29.5 Å². The summed E-state index contributed by atoms with van der Waals surface area (Å²) in [6.45, 7) is 9.15. The van der Waals surface area contributed by atoms with Crippen molar-refractivity contribution < 1.29 is 38.6 Å². The molecule has 7 rings (SSSR count). The molecule has 65 heavy (non-hydrogen) atoms. The van der Waals surface area contributed by atoms with Gasteiger partial charge in [0.25, 0.3) is 11.8 Å². The molecule has 338 valence electrons. The summed E-state index contributed by atoms with van der Waals surface area (Å²) in [4.78, 5) is 74.5. The van der Waals surface area contributed by atoms with E-state index in [-0.39, 0.29) is 54.4 Å². The highest BCUT2D eigenvalue weighted by atomic mass is 16.5. The van der Waals surface area contributed by atoms with Crippen LogP contribution in [-0.2, 0) is 26.2 Å². The maximum Gasteiger partial charge on any atom is 0.407 e. The van der Waals surface area contributed by atoms with Crippen molar-refractivity contribution in [1.82, 2.24) is 43.6 Å². The highest BCUT2D eigenvalue weighted by Gasteiger charge is 2.24. The van der Waals surface area contributed by atoms with E-state index >= 15 is 0 Å². The second-order valence-electron chi connectivity index (χ2n) is 15.2. The van der Waals surface area contributed by atoms with E-state index in [1.807, 2.05) is 26.0 Å². The number of aromatic nitrogens is 8. The number of imidazole rings is 2. The Morgan fingerprint density at radius 2 is 1.25 bits per heavy atom. The molecule has 0 unspecified atom stereocenters. The summed E-state index contributed by atoms with van der Waals surface area (Å²) in [6.07, 6.45) is 3.84. The monoisotopic (exact) mass is 887 g/mol. The van der Waals surface area contributed by atoms with Gasteiger partial charge < -0.3 is 40.1 Å². The van der Waals surface area contributed by atoms with Gasteiger partial charge in [-0.2, -0.15) is 10.2 Å². The number of likely N-dealkylation sites (tertiary alicyclic amines) is 1. The van der Waals surface area contributed by atoms with Gasteiger partial charge in [-0.05, 0) is 76.9 Å². The normalized spacial score (nSPS) is 13.0. The van der Waals surface area contributed by atoms with Gasteiger partial charge in [-0.25, -0.2) is 14.8 Å². The molecule has 0 saturated carbocycles. The molecule has 0 radical (unpaired) electrons. The van der Waals surface area contributed by atoms with Crippen molar-refractivity contribution in [2.24, 2.45) is 17.4 Å². The first-order valence-electron chi connectivity index (χ1n) is 20.9. The third-order valence-corrected chi connectivity index (χ3v) is 10.8. The Balaban J connectivity index is 1.25. The molecule has 6 aromatic rings. The lowest BCUT2D eigenvalue weighted by Crippen LogP contribution is -2.37. The number of piperidine rings is 1. The van der Waals surface area contributed by atoms with Gasteiger partial charge in [0, 0.05) is 56.3 Å². The number of fused-ring (bicyclic) bond motifs is 2. The molecule has 0 aliphatic carbocycles. The lowest BCUT2D eigenvalue weighted by molar-refractivity contribution is 0.0991. The zero-order valence-electron chi connectivity index (χ0n) is 36.5. The van der Waals surface area contributed by atoms with Gasteiger partial charge in [-0.3, -0.25) is 39.2 Å².